The van der Waals surface area contributed by atoms with Crippen molar-refractivity contribution in [1.29, 1.82) is 0 Å². The Morgan fingerprint density at radius 2 is 1.94 bits per heavy atom. The van der Waals surface area contributed by atoms with E-state index < -0.39 is 65.7 Å². The molecule has 184 valence electrons. The van der Waals surface area contributed by atoms with Gasteiger partial charge in [-0.05, 0) is 64.5 Å². The van der Waals surface area contributed by atoms with E-state index in [4.69, 9.17) is 0 Å². The molecule has 12 heteroatoms. The number of hydrogen-bond donors (Lipinski definition) is 1. The number of rotatable bonds is 7. The molecule has 2 aromatic heterocycles. The van der Waals surface area contributed by atoms with E-state index in [-0.39, 0.29) is 24.0 Å². The lowest BCUT2D eigenvalue weighted by molar-refractivity contribution is -0.122. The van der Waals surface area contributed by atoms with Crippen molar-refractivity contribution in [3.8, 4) is 0 Å². The second kappa shape index (κ2) is 8.65. The van der Waals surface area contributed by atoms with Crippen molar-refractivity contribution in [2.24, 2.45) is 5.92 Å². The zero-order valence-corrected chi connectivity index (χ0v) is 19.4. The maximum Gasteiger partial charge on any atom is 0.295 e. The highest BCUT2D eigenvalue weighted by Crippen LogP contribution is 2.67. The van der Waals surface area contributed by atoms with Gasteiger partial charge in [-0.15, -0.1) is 0 Å². The van der Waals surface area contributed by atoms with Gasteiger partial charge >= 0.3 is 0 Å². The van der Waals surface area contributed by atoms with Gasteiger partial charge in [0, 0.05) is 28.2 Å². The molecule has 3 aromatic rings. The second-order valence-corrected chi connectivity index (χ2v) is 9.50. The zero-order valence-electron chi connectivity index (χ0n) is 17.8. The summed E-state index contributed by atoms with van der Waals surface area (Å²) in [6.45, 7) is -0.737. The molecule has 5 rings (SSSR count). The Labute approximate surface area is 203 Å². The van der Waals surface area contributed by atoms with Gasteiger partial charge in [0.05, 0.1) is 11.7 Å². The minimum atomic E-state index is -3.31. The van der Waals surface area contributed by atoms with Crippen LogP contribution in [-0.2, 0) is 23.7 Å². The molecule has 2 heterocycles. The van der Waals surface area contributed by atoms with E-state index in [0.717, 1.165) is 12.1 Å². The number of amides is 1. The molecule has 2 unspecified atom stereocenters. The smallest absolute Gasteiger partial charge is 0.295 e. The van der Waals surface area contributed by atoms with E-state index in [9.17, 15) is 31.1 Å². The maximum absolute atomic E-state index is 14.5. The molecule has 2 aliphatic rings. The maximum atomic E-state index is 14.5. The molecule has 1 N–H and O–H groups in total. The lowest BCUT2D eigenvalue weighted by atomic mass is 10.0. The molecule has 5 nitrogen and oxygen atoms in total. The minimum absolute atomic E-state index is 0.0742. The molecule has 0 spiro atoms. The average molecular weight is 559 g/mol. The number of carbonyl (C=O) groups excluding carboxylic acids is 1. The topological polar surface area (TPSA) is 59.8 Å². The Kier molecular flexibility index (Phi) is 5.89. The van der Waals surface area contributed by atoms with Crippen molar-refractivity contribution in [2.45, 2.75) is 43.7 Å². The number of aromatic nitrogens is 3. The van der Waals surface area contributed by atoms with Gasteiger partial charge in [-0.3, -0.25) is 14.5 Å². The molecule has 0 bridgehead atoms. The SMILES string of the molecule is O=C(Cn1nc2c(c1C(F)F)C1CC1C2(F)F)N[C@@H](Cc1cc(F)cc(F)c1)c1ncccc1Br. The summed E-state index contributed by atoms with van der Waals surface area (Å²) in [5, 5.41) is 6.31. The number of fused-ring (bicyclic) bond motifs is 3. The summed E-state index contributed by atoms with van der Waals surface area (Å²) in [7, 11) is 0. The highest BCUT2D eigenvalue weighted by atomic mass is 79.9. The van der Waals surface area contributed by atoms with Crippen LogP contribution in [0.4, 0.5) is 26.3 Å². The molecule has 0 aliphatic heterocycles. The van der Waals surface area contributed by atoms with Gasteiger partial charge in [-0.25, -0.2) is 17.6 Å². The molecule has 2 aliphatic carbocycles. The first kappa shape index (κ1) is 23.8. The Bertz CT molecular complexity index is 1290. The van der Waals surface area contributed by atoms with Crippen molar-refractivity contribution in [2.75, 3.05) is 0 Å². The van der Waals surface area contributed by atoms with Crippen molar-refractivity contribution >= 4 is 21.8 Å². The number of nitrogens with one attached hydrogen (secondary N) is 1. The van der Waals surface area contributed by atoms with Crippen molar-refractivity contribution in [1.82, 2.24) is 20.1 Å². The van der Waals surface area contributed by atoms with Gasteiger partial charge in [0.25, 0.3) is 12.3 Å². The largest absolute Gasteiger partial charge is 0.346 e. The van der Waals surface area contributed by atoms with Crippen LogP contribution >= 0.6 is 15.9 Å². The van der Waals surface area contributed by atoms with E-state index in [2.05, 4.69) is 31.3 Å². The standard InChI is InChI=1S/C23H17BrF6N4O/c24-15-2-1-3-31-19(15)16(6-10-4-11(25)7-12(26)5-10)32-17(35)9-34-20(22(27)28)18-13-8-14(13)23(29,30)21(18)33-34/h1-5,7,13-14,16,22H,6,8-9H2,(H,32,35)/t13?,14?,16-/m0/s1. The number of benzene rings is 1. The van der Waals surface area contributed by atoms with Crippen molar-refractivity contribution < 1.29 is 31.1 Å². The van der Waals surface area contributed by atoms with Gasteiger partial charge in [0.15, 0.2) is 0 Å². The summed E-state index contributed by atoms with van der Waals surface area (Å²) in [6.07, 6.45) is -1.61. The fraction of sp³-hybridized carbons (Fsp3) is 0.348. The first-order valence-electron chi connectivity index (χ1n) is 10.7. The predicted octanol–water partition coefficient (Wildman–Crippen LogP) is 5.57. The first-order chi connectivity index (χ1) is 16.6. The van der Waals surface area contributed by atoms with Crippen LogP contribution in [0.25, 0.3) is 0 Å². The normalized spacial score (nSPS) is 20.5. The molecule has 1 amide bonds. The third-order valence-corrected chi connectivity index (χ3v) is 6.96. The van der Waals surface area contributed by atoms with Crippen LogP contribution in [-0.4, -0.2) is 20.7 Å². The highest BCUT2D eigenvalue weighted by molar-refractivity contribution is 9.10. The molecule has 35 heavy (non-hydrogen) atoms. The average Bonchev–Trinajstić information content (AvgIpc) is 3.42. The van der Waals surface area contributed by atoms with E-state index in [0.29, 0.717) is 20.9 Å². The van der Waals surface area contributed by atoms with Crippen LogP contribution in [0.15, 0.2) is 41.0 Å². The molecule has 1 fully saturated rings. The number of halogens is 7. The van der Waals surface area contributed by atoms with E-state index in [1.54, 1.807) is 12.1 Å². The Morgan fingerprint density at radius 3 is 2.60 bits per heavy atom. The van der Waals surface area contributed by atoms with Gasteiger partial charge in [-0.1, -0.05) is 0 Å². The van der Waals surface area contributed by atoms with Crippen LogP contribution in [0.2, 0.25) is 0 Å². The lowest BCUT2D eigenvalue weighted by Crippen LogP contribution is -2.34. The third-order valence-electron chi connectivity index (χ3n) is 6.29. The fourth-order valence-electron chi connectivity index (χ4n) is 4.75. The summed E-state index contributed by atoms with van der Waals surface area (Å²) in [6, 6.07) is 5.26. The number of alkyl halides is 4. The molecule has 0 radical (unpaired) electrons. The van der Waals surface area contributed by atoms with Crippen molar-refractivity contribution in [3.05, 3.63) is 80.8 Å². The summed E-state index contributed by atoms with van der Waals surface area (Å²) in [4.78, 5) is 17.1. The van der Waals surface area contributed by atoms with Crippen LogP contribution < -0.4 is 5.32 Å². The molecular formula is C23H17BrF6N4O. The monoisotopic (exact) mass is 558 g/mol. The quantitative estimate of drug-likeness (QED) is 0.386. The van der Waals surface area contributed by atoms with Crippen LogP contribution in [0.3, 0.4) is 0 Å². The second-order valence-electron chi connectivity index (χ2n) is 8.65. The summed E-state index contributed by atoms with van der Waals surface area (Å²) < 4.78 is 85.1. The van der Waals surface area contributed by atoms with Crippen LogP contribution in [0.5, 0.6) is 0 Å². The zero-order chi connectivity index (χ0) is 25.1. The molecule has 0 saturated heterocycles. The number of nitrogens with zero attached hydrogens (tertiary/aromatic N) is 3. The van der Waals surface area contributed by atoms with Gasteiger partial charge < -0.3 is 5.32 Å². The Hall–Kier alpha value is -2.89. The minimum Gasteiger partial charge on any atom is -0.346 e. The molecule has 1 aromatic carbocycles. The van der Waals surface area contributed by atoms with E-state index in [1.807, 2.05) is 0 Å². The molecule has 1 saturated carbocycles. The molecule has 3 atom stereocenters. The van der Waals surface area contributed by atoms with E-state index in [1.165, 1.54) is 6.20 Å². The Balaban J connectivity index is 1.42. The lowest BCUT2D eigenvalue weighted by Gasteiger charge is -2.20. The summed E-state index contributed by atoms with van der Waals surface area (Å²) in [5.41, 5.74) is -0.989. The predicted molar refractivity (Wildman–Crippen MR) is 115 cm³/mol. The number of hydrogen-bond acceptors (Lipinski definition) is 3. The number of pyridine rings is 1. The Morgan fingerprint density at radius 1 is 1.23 bits per heavy atom. The first-order valence-corrected chi connectivity index (χ1v) is 11.5. The fourth-order valence-corrected chi connectivity index (χ4v) is 5.28. The number of carbonyl (C=O) groups is 1. The summed E-state index contributed by atoms with van der Waals surface area (Å²) >= 11 is 3.32. The van der Waals surface area contributed by atoms with Crippen LogP contribution in [0.1, 0.15) is 53.0 Å². The molecular weight excluding hydrogens is 542 g/mol. The van der Waals surface area contributed by atoms with Crippen molar-refractivity contribution in [3.63, 3.8) is 0 Å². The van der Waals surface area contributed by atoms with Gasteiger partial charge in [0.2, 0.25) is 5.91 Å². The van der Waals surface area contributed by atoms with Crippen LogP contribution in [0, 0.1) is 17.6 Å². The van der Waals surface area contributed by atoms with E-state index >= 15 is 0 Å². The van der Waals surface area contributed by atoms with Gasteiger partial charge in [0.1, 0.15) is 29.6 Å². The highest BCUT2D eigenvalue weighted by Gasteiger charge is 2.67. The van der Waals surface area contributed by atoms with Gasteiger partial charge in [-0.2, -0.15) is 13.9 Å². The third kappa shape index (κ3) is 4.32. The summed E-state index contributed by atoms with van der Waals surface area (Å²) in [5.74, 6) is -7.43.